The molecule has 0 amide bonds. The van der Waals surface area contributed by atoms with Crippen molar-refractivity contribution in [1.82, 2.24) is 4.90 Å². The number of thioether (sulfide) groups is 1. The number of rotatable bonds is 6. The average molecular weight is 436 g/mol. The first-order chi connectivity index (χ1) is 12.6. The largest absolute Gasteiger partial charge is 0.382 e. The molecule has 2 aliphatic heterocycles. The van der Waals surface area contributed by atoms with Gasteiger partial charge in [0.15, 0.2) is 9.84 Å². The molecule has 1 aromatic rings. The molecular weight excluding hydrogens is 410 g/mol. The fraction of sp³-hybridized carbons (Fsp3) is 0.625. The number of morpholine rings is 1. The first-order valence-corrected chi connectivity index (χ1v) is 13.2. The highest BCUT2D eigenvalue weighted by atomic mass is 32.2. The van der Waals surface area contributed by atoms with Crippen molar-refractivity contribution in [2.75, 3.05) is 55.9 Å². The second-order valence-electron chi connectivity index (χ2n) is 6.96. The number of sulfonamides is 1. The molecule has 0 saturated carbocycles. The van der Waals surface area contributed by atoms with Gasteiger partial charge in [-0.3, -0.25) is 4.90 Å². The summed E-state index contributed by atoms with van der Waals surface area (Å²) in [4.78, 5) is 2.15. The third-order valence-electron chi connectivity index (χ3n) is 5.05. The number of hydrogen-bond acceptors (Lipinski definition) is 8. The summed E-state index contributed by atoms with van der Waals surface area (Å²) in [5.74, 6) is 2.02. The lowest BCUT2D eigenvalue weighted by Gasteiger charge is -2.43. The van der Waals surface area contributed by atoms with Crippen LogP contribution in [0, 0.1) is 0 Å². The zero-order valence-corrected chi connectivity index (χ0v) is 17.6. The lowest BCUT2D eigenvalue weighted by molar-refractivity contribution is -0.00921. The van der Waals surface area contributed by atoms with Gasteiger partial charge >= 0.3 is 0 Å². The minimum absolute atomic E-state index is 0.0585. The fourth-order valence-electron chi connectivity index (χ4n) is 3.53. The molecule has 1 aromatic carbocycles. The van der Waals surface area contributed by atoms with Crippen molar-refractivity contribution in [3.8, 4) is 0 Å². The maximum Gasteiger partial charge on any atom is 0.238 e. The van der Waals surface area contributed by atoms with Gasteiger partial charge in [-0.25, -0.2) is 22.0 Å². The first kappa shape index (κ1) is 20.9. The van der Waals surface area contributed by atoms with Crippen LogP contribution in [0.5, 0.6) is 0 Å². The molecule has 2 fully saturated rings. The van der Waals surface area contributed by atoms with Gasteiger partial charge in [0.25, 0.3) is 0 Å². The summed E-state index contributed by atoms with van der Waals surface area (Å²) in [6, 6.07) is 3.93. The lowest BCUT2D eigenvalue weighted by atomic mass is 9.95. The van der Waals surface area contributed by atoms with Gasteiger partial charge in [0, 0.05) is 37.2 Å². The fourth-order valence-corrected chi connectivity index (χ4v) is 6.50. The highest BCUT2D eigenvalue weighted by Crippen LogP contribution is 2.35. The van der Waals surface area contributed by atoms with E-state index >= 15 is 0 Å². The smallest absolute Gasteiger partial charge is 0.238 e. The summed E-state index contributed by atoms with van der Waals surface area (Å²) < 4.78 is 53.0. The molecule has 27 heavy (non-hydrogen) atoms. The molecule has 0 bridgehead atoms. The number of nitrogens with one attached hydrogen (secondary N) is 1. The molecule has 1 atom stereocenters. The maximum absolute atomic E-state index is 12.2. The molecule has 0 aromatic heterocycles. The molecule has 152 valence electrons. The summed E-state index contributed by atoms with van der Waals surface area (Å²) in [5.41, 5.74) is 0.330. The Morgan fingerprint density at radius 1 is 1.26 bits per heavy atom. The number of ether oxygens (including phenoxy) is 1. The van der Waals surface area contributed by atoms with Crippen LogP contribution in [-0.4, -0.2) is 77.9 Å². The quantitative estimate of drug-likeness (QED) is 0.657. The van der Waals surface area contributed by atoms with Crippen molar-refractivity contribution < 1.29 is 21.6 Å². The third-order valence-corrected chi connectivity index (χ3v) is 8.34. The second-order valence-corrected chi connectivity index (χ2v) is 11.6. The molecule has 3 rings (SSSR count). The summed E-state index contributed by atoms with van der Waals surface area (Å²) in [7, 11) is -7.61. The Kier molecular flexibility index (Phi) is 6.09. The van der Waals surface area contributed by atoms with Crippen molar-refractivity contribution in [2.24, 2.45) is 5.14 Å². The van der Waals surface area contributed by atoms with Gasteiger partial charge in [0.1, 0.15) is 0 Å². The van der Waals surface area contributed by atoms with Crippen molar-refractivity contribution >= 4 is 37.3 Å². The normalized spacial score (nSPS) is 24.8. The Bertz CT molecular complexity index is 890. The van der Waals surface area contributed by atoms with Crippen LogP contribution in [0.25, 0.3) is 0 Å². The number of sulfone groups is 1. The zero-order valence-electron chi connectivity index (χ0n) is 15.2. The molecule has 0 spiro atoms. The van der Waals surface area contributed by atoms with E-state index in [2.05, 4.69) is 10.2 Å². The zero-order chi connectivity index (χ0) is 19.7. The monoisotopic (exact) mass is 435 g/mol. The van der Waals surface area contributed by atoms with Gasteiger partial charge in [0.2, 0.25) is 10.0 Å². The summed E-state index contributed by atoms with van der Waals surface area (Å²) in [6.07, 6.45) is 2.07. The predicted molar refractivity (Wildman–Crippen MR) is 106 cm³/mol. The minimum Gasteiger partial charge on any atom is -0.382 e. The minimum atomic E-state index is -3.98. The summed E-state index contributed by atoms with van der Waals surface area (Å²) in [5, 5.41) is 8.41. The SMILES string of the molecule is CS(=O)(=O)c1cc(S(N)(=O)=O)ccc1NCC1(N2CCOCC2)CCSC1. The predicted octanol–water partition coefficient (Wildman–Crippen LogP) is 0.357. The Hall–Kier alpha value is -0.850. The van der Waals surface area contributed by atoms with Crippen LogP contribution >= 0.6 is 11.8 Å². The topological polar surface area (TPSA) is 119 Å². The Balaban J connectivity index is 1.88. The number of nitrogens with two attached hydrogens (primary N) is 1. The number of hydrogen-bond donors (Lipinski definition) is 2. The van der Waals surface area contributed by atoms with Crippen molar-refractivity contribution in [1.29, 1.82) is 0 Å². The maximum atomic E-state index is 12.2. The van der Waals surface area contributed by atoms with Gasteiger partial charge in [-0.15, -0.1) is 0 Å². The third kappa shape index (κ3) is 4.77. The van der Waals surface area contributed by atoms with Crippen LogP contribution in [0.15, 0.2) is 28.0 Å². The van der Waals surface area contributed by atoms with Crippen LogP contribution in [-0.2, 0) is 24.6 Å². The van der Waals surface area contributed by atoms with E-state index in [-0.39, 0.29) is 15.3 Å². The Labute approximate surface area is 164 Å². The molecule has 2 heterocycles. The highest BCUT2D eigenvalue weighted by molar-refractivity contribution is 7.99. The molecule has 2 aliphatic rings. The van der Waals surface area contributed by atoms with E-state index in [1.54, 1.807) is 0 Å². The summed E-state index contributed by atoms with van der Waals surface area (Å²) in [6.45, 7) is 3.68. The van der Waals surface area contributed by atoms with E-state index in [1.165, 1.54) is 12.1 Å². The van der Waals surface area contributed by atoms with Crippen molar-refractivity contribution in [3.63, 3.8) is 0 Å². The van der Waals surface area contributed by atoms with Gasteiger partial charge < -0.3 is 10.1 Å². The van der Waals surface area contributed by atoms with Gasteiger partial charge in [-0.2, -0.15) is 11.8 Å². The van der Waals surface area contributed by atoms with E-state index < -0.39 is 19.9 Å². The van der Waals surface area contributed by atoms with Gasteiger partial charge in [-0.05, 0) is 30.4 Å². The molecule has 8 nitrogen and oxygen atoms in total. The molecule has 0 aliphatic carbocycles. The van der Waals surface area contributed by atoms with E-state index in [0.717, 1.165) is 43.3 Å². The van der Waals surface area contributed by atoms with Crippen molar-refractivity contribution in [2.45, 2.75) is 21.8 Å². The number of primary sulfonamides is 1. The molecule has 11 heteroatoms. The van der Waals surface area contributed by atoms with Gasteiger partial charge in [-0.1, -0.05) is 0 Å². The van der Waals surface area contributed by atoms with E-state index in [4.69, 9.17) is 9.88 Å². The Morgan fingerprint density at radius 3 is 2.52 bits per heavy atom. The molecular formula is C16H25N3O5S3. The molecule has 3 N–H and O–H groups in total. The van der Waals surface area contributed by atoms with Crippen LogP contribution in [0.4, 0.5) is 5.69 Å². The van der Waals surface area contributed by atoms with E-state index in [1.807, 2.05) is 11.8 Å². The lowest BCUT2D eigenvalue weighted by Crippen LogP contribution is -2.57. The van der Waals surface area contributed by atoms with Crippen molar-refractivity contribution in [3.05, 3.63) is 18.2 Å². The summed E-state index contributed by atoms with van der Waals surface area (Å²) >= 11 is 1.89. The van der Waals surface area contributed by atoms with Crippen LogP contribution in [0.2, 0.25) is 0 Å². The second kappa shape index (κ2) is 7.88. The molecule has 0 radical (unpaired) electrons. The first-order valence-electron chi connectivity index (χ1n) is 8.63. The van der Waals surface area contributed by atoms with E-state index in [9.17, 15) is 16.8 Å². The standard InChI is InChI=1S/C16H25N3O5S3/c1-26(20,21)15-10-13(27(17,22)23)2-3-14(15)18-11-16(4-9-25-12-16)19-5-7-24-8-6-19/h2-3,10,18H,4-9,11-12H2,1H3,(H2,17,22,23). The highest BCUT2D eigenvalue weighted by Gasteiger charge is 2.40. The Morgan fingerprint density at radius 2 is 1.96 bits per heavy atom. The number of benzene rings is 1. The average Bonchev–Trinajstić information content (AvgIpc) is 3.09. The van der Waals surface area contributed by atoms with Crippen LogP contribution < -0.4 is 10.5 Å². The van der Waals surface area contributed by atoms with Crippen LogP contribution in [0.3, 0.4) is 0 Å². The number of anilines is 1. The molecule has 1 unspecified atom stereocenters. The van der Waals surface area contributed by atoms with Crippen LogP contribution in [0.1, 0.15) is 6.42 Å². The molecule has 2 saturated heterocycles. The number of nitrogens with zero attached hydrogens (tertiary/aromatic N) is 1. The van der Waals surface area contributed by atoms with E-state index in [0.29, 0.717) is 25.4 Å². The van der Waals surface area contributed by atoms with Gasteiger partial charge in [0.05, 0.1) is 28.7 Å².